The van der Waals surface area contributed by atoms with Crippen LogP contribution in [-0.4, -0.2) is 39.5 Å². The van der Waals surface area contributed by atoms with Gasteiger partial charge in [-0.15, -0.1) is 0 Å². The molecular formula is C12H10BrN3O4. The maximum absolute atomic E-state index is 12.1. The first-order valence-electron chi connectivity index (χ1n) is 5.76. The zero-order valence-electron chi connectivity index (χ0n) is 10.2. The number of aliphatic carboxylic acids is 1. The Morgan fingerprint density at radius 2 is 2.25 bits per heavy atom. The van der Waals surface area contributed by atoms with Gasteiger partial charge >= 0.3 is 5.97 Å². The summed E-state index contributed by atoms with van der Waals surface area (Å²) in [6.45, 7) is -0.111. The predicted molar refractivity (Wildman–Crippen MR) is 71.0 cm³/mol. The molecule has 0 aromatic carbocycles. The first-order valence-corrected chi connectivity index (χ1v) is 6.55. The Kier molecular flexibility index (Phi) is 3.90. The lowest BCUT2D eigenvalue weighted by atomic mass is 10.2. The van der Waals surface area contributed by atoms with Crippen LogP contribution in [0.1, 0.15) is 18.0 Å². The molecule has 0 aliphatic carbocycles. The lowest BCUT2D eigenvalue weighted by Gasteiger charge is -2.15. The van der Waals surface area contributed by atoms with Crippen molar-refractivity contribution in [3.8, 4) is 6.07 Å². The van der Waals surface area contributed by atoms with E-state index < -0.39 is 23.5 Å². The summed E-state index contributed by atoms with van der Waals surface area (Å²) in [5.74, 6) is -1.52. The number of carbonyl (C=O) groups excluding carboxylic acids is 1. The van der Waals surface area contributed by atoms with E-state index in [1.165, 1.54) is 21.7 Å². The lowest BCUT2D eigenvalue weighted by Crippen LogP contribution is -2.35. The van der Waals surface area contributed by atoms with E-state index >= 15 is 0 Å². The highest BCUT2D eigenvalue weighted by molar-refractivity contribution is 9.10. The number of carbonyl (C=O) groups is 2. The SMILES string of the molecule is N#Cc1cc(Br)cn(C2CCN(CC(=O)O)C2=O)c1=O. The minimum Gasteiger partial charge on any atom is -0.480 e. The molecule has 1 aromatic rings. The normalized spacial score (nSPS) is 18.1. The monoisotopic (exact) mass is 339 g/mol. The lowest BCUT2D eigenvalue weighted by molar-refractivity contribution is -0.143. The number of nitriles is 1. The molecule has 1 amide bonds. The number of hydrogen-bond donors (Lipinski definition) is 1. The van der Waals surface area contributed by atoms with Gasteiger partial charge in [-0.1, -0.05) is 0 Å². The van der Waals surface area contributed by atoms with Crippen molar-refractivity contribution in [2.45, 2.75) is 12.5 Å². The second-order valence-electron chi connectivity index (χ2n) is 4.35. The molecule has 0 radical (unpaired) electrons. The Morgan fingerprint density at radius 1 is 1.55 bits per heavy atom. The molecule has 1 aliphatic rings. The van der Waals surface area contributed by atoms with Crippen LogP contribution in [0.5, 0.6) is 0 Å². The number of hydrogen-bond acceptors (Lipinski definition) is 4. The fourth-order valence-electron chi connectivity index (χ4n) is 2.18. The standard InChI is InChI=1S/C12H10BrN3O4/c13-8-3-7(4-14)11(19)16(5-8)9-1-2-15(12(9)20)6-10(17)18/h3,5,9H,1-2,6H2,(H,17,18). The number of amides is 1. The first kappa shape index (κ1) is 14.3. The summed E-state index contributed by atoms with van der Waals surface area (Å²) >= 11 is 3.18. The van der Waals surface area contributed by atoms with Crippen molar-refractivity contribution >= 4 is 27.8 Å². The Bertz CT molecular complexity index is 676. The van der Waals surface area contributed by atoms with Crippen molar-refractivity contribution in [3.05, 3.63) is 32.7 Å². The zero-order chi connectivity index (χ0) is 14.9. The van der Waals surface area contributed by atoms with Gasteiger partial charge in [-0.3, -0.25) is 14.4 Å². The molecular weight excluding hydrogens is 330 g/mol. The van der Waals surface area contributed by atoms with E-state index in [2.05, 4.69) is 15.9 Å². The summed E-state index contributed by atoms with van der Waals surface area (Å²) in [5, 5.41) is 17.6. The van der Waals surface area contributed by atoms with Crippen molar-refractivity contribution in [3.63, 3.8) is 0 Å². The number of halogens is 1. The van der Waals surface area contributed by atoms with Crippen LogP contribution in [0, 0.1) is 11.3 Å². The van der Waals surface area contributed by atoms with Crippen molar-refractivity contribution in [1.82, 2.24) is 9.47 Å². The van der Waals surface area contributed by atoms with Gasteiger partial charge in [0.05, 0.1) is 0 Å². The second kappa shape index (κ2) is 5.46. The van der Waals surface area contributed by atoms with Gasteiger partial charge in [0.25, 0.3) is 5.56 Å². The van der Waals surface area contributed by atoms with Crippen molar-refractivity contribution in [2.75, 3.05) is 13.1 Å². The molecule has 1 saturated heterocycles. The summed E-state index contributed by atoms with van der Waals surface area (Å²) in [7, 11) is 0. The minimum absolute atomic E-state index is 0.0659. The highest BCUT2D eigenvalue weighted by Gasteiger charge is 2.34. The minimum atomic E-state index is -1.10. The highest BCUT2D eigenvalue weighted by Crippen LogP contribution is 2.23. The maximum atomic E-state index is 12.1. The Balaban J connectivity index is 2.37. The molecule has 0 bridgehead atoms. The number of rotatable bonds is 3. The predicted octanol–water partition coefficient (Wildman–Crippen LogP) is 0.340. The van der Waals surface area contributed by atoms with Crippen LogP contribution in [0.3, 0.4) is 0 Å². The van der Waals surface area contributed by atoms with E-state index in [1.54, 1.807) is 6.07 Å². The van der Waals surface area contributed by atoms with Gasteiger partial charge in [0.15, 0.2) is 0 Å². The van der Waals surface area contributed by atoms with Gasteiger partial charge in [0, 0.05) is 17.2 Å². The van der Waals surface area contributed by atoms with E-state index in [1.807, 2.05) is 0 Å². The summed E-state index contributed by atoms with van der Waals surface area (Å²) in [6.07, 6.45) is 1.78. The number of carboxylic acids is 1. The topological polar surface area (TPSA) is 103 Å². The molecule has 20 heavy (non-hydrogen) atoms. The molecule has 1 atom stereocenters. The van der Waals surface area contributed by atoms with E-state index in [4.69, 9.17) is 10.4 Å². The molecule has 8 heteroatoms. The summed E-state index contributed by atoms with van der Waals surface area (Å²) < 4.78 is 1.70. The van der Waals surface area contributed by atoms with Gasteiger partial charge in [-0.2, -0.15) is 5.26 Å². The Labute approximate surface area is 122 Å². The molecule has 1 N–H and O–H groups in total. The van der Waals surface area contributed by atoms with Gasteiger partial charge < -0.3 is 14.6 Å². The average Bonchev–Trinajstić information content (AvgIpc) is 2.73. The van der Waals surface area contributed by atoms with E-state index in [9.17, 15) is 14.4 Å². The number of carboxylic acid groups (broad SMARTS) is 1. The third-order valence-electron chi connectivity index (χ3n) is 3.06. The van der Waals surface area contributed by atoms with Crippen molar-refractivity contribution in [2.24, 2.45) is 0 Å². The molecule has 104 valence electrons. The fraction of sp³-hybridized carbons (Fsp3) is 0.333. The van der Waals surface area contributed by atoms with Crippen LogP contribution >= 0.6 is 15.9 Å². The molecule has 1 aliphatic heterocycles. The van der Waals surface area contributed by atoms with Gasteiger partial charge in [0.1, 0.15) is 24.2 Å². The first-order chi connectivity index (χ1) is 9.43. The Morgan fingerprint density at radius 3 is 2.85 bits per heavy atom. The van der Waals surface area contributed by atoms with Gasteiger partial charge in [-0.25, -0.2) is 0 Å². The van der Waals surface area contributed by atoms with Crippen molar-refractivity contribution in [1.29, 1.82) is 5.26 Å². The summed E-state index contributed by atoms with van der Waals surface area (Å²) in [4.78, 5) is 36.0. The maximum Gasteiger partial charge on any atom is 0.323 e. The average molecular weight is 340 g/mol. The molecule has 1 aromatic heterocycles. The smallest absolute Gasteiger partial charge is 0.323 e. The summed E-state index contributed by atoms with van der Waals surface area (Å²) in [6, 6.07) is 2.40. The molecule has 2 heterocycles. The van der Waals surface area contributed by atoms with Crippen LogP contribution in [0.4, 0.5) is 0 Å². The van der Waals surface area contributed by atoms with E-state index in [-0.39, 0.29) is 18.7 Å². The van der Waals surface area contributed by atoms with Gasteiger partial charge in [-0.05, 0) is 28.4 Å². The third kappa shape index (κ3) is 2.58. The largest absolute Gasteiger partial charge is 0.480 e. The van der Waals surface area contributed by atoms with Crippen LogP contribution < -0.4 is 5.56 Å². The third-order valence-corrected chi connectivity index (χ3v) is 3.49. The molecule has 1 unspecified atom stereocenters. The molecule has 0 spiro atoms. The highest BCUT2D eigenvalue weighted by atomic mass is 79.9. The second-order valence-corrected chi connectivity index (χ2v) is 5.27. The Hall–Kier alpha value is -2.14. The quantitative estimate of drug-likeness (QED) is 0.855. The van der Waals surface area contributed by atoms with Gasteiger partial charge in [0.2, 0.25) is 5.91 Å². The summed E-state index contributed by atoms with van der Waals surface area (Å²) in [5.41, 5.74) is -0.616. The molecule has 0 saturated carbocycles. The number of nitrogens with zero attached hydrogens (tertiary/aromatic N) is 3. The van der Waals surface area contributed by atoms with Crippen molar-refractivity contribution < 1.29 is 14.7 Å². The molecule has 2 rings (SSSR count). The zero-order valence-corrected chi connectivity index (χ0v) is 11.8. The van der Waals surface area contributed by atoms with Crippen LogP contribution in [-0.2, 0) is 9.59 Å². The number of pyridine rings is 1. The molecule has 7 nitrogen and oxygen atoms in total. The van der Waals surface area contributed by atoms with Crippen LogP contribution in [0.15, 0.2) is 21.5 Å². The molecule has 1 fully saturated rings. The van der Waals surface area contributed by atoms with Crippen LogP contribution in [0.2, 0.25) is 0 Å². The van der Waals surface area contributed by atoms with E-state index in [0.717, 1.165) is 0 Å². The number of aromatic nitrogens is 1. The fourth-order valence-corrected chi connectivity index (χ4v) is 2.63. The number of likely N-dealkylation sites (tertiary alicyclic amines) is 1. The van der Waals surface area contributed by atoms with E-state index in [0.29, 0.717) is 10.9 Å². The van der Waals surface area contributed by atoms with Crippen LogP contribution in [0.25, 0.3) is 0 Å².